The summed E-state index contributed by atoms with van der Waals surface area (Å²) in [5, 5.41) is 3.73. The van der Waals surface area contributed by atoms with Crippen molar-refractivity contribution in [2.24, 2.45) is 0 Å². The highest BCUT2D eigenvalue weighted by Crippen LogP contribution is 2.28. The van der Waals surface area contributed by atoms with Crippen LogP contribution in [-0.2, 0) is 11.3 Å². The van der Waals surface area contributed by atoms with E-state index in [4.69, 9.17) is 32.7 Å². The Bertz CT molecular complexity index is 751. The fourth-order valence-electron chi connectivity index (χ4n) is 2.20. The van der Waals surface area contributed by atoms with Gasteiger partial charge in [-0.1, -0.05) is 35.3 Å². The lowest BCUT2D eigenvalue weighted by Crippen LogP contribution is -2.35. The van der Waals surface area contributed by atoms with Crippen LogP contribution in [0.3, 0.4) is 0 Å². The van der Waals surface area contributed by atoms with E-state index in [1.807, 2.05) is 38.4 Å². The number of carbonyl (C=O) groups is 1. The SMILES string of the molecule is CC(Oc1ccc(Cl)cc1Cl)C(=O)NCc1ccc(OCCN(C)C)cc1. The molecular formula is C20H24Cl2N2O3. The number of nitrogens with zero attached hydrogens (tertiary/aromatic N) is 1. The normalized spacial score (nSPS) is 11.9. The molecule has 0 aromatic heterocycles. The van der Waals surface area contributed by atoms with Crippen molar-refractivity contribution in [3.8, 4) is 11.5 Å². The molecule has 0 saturated heterocycles. The van der Waals surface area contributed by atoms with Gasteiger partial charge in [0, 0.05) is 18.1 Å². The zero-order valence-electron chi connectivity index (χ0n) is 15.7. The molecule has 2 rings (SSSR count). The first kappa shape index (κ1) is 21.4. The number of benzene rings is 2. The van der Waals surface area contributed by atoms with Gasteiger partial charge in [0.05, 0.1) is 5.02 Å². The maximum Gasteiger partial charge on any atom is 0.261 e. The van der Waals surface area contributed by atoms with Crippen molar-refractivity contribution in [1.29, 1.82) is 0 Å². The van der Waals surface area contributed by atoms with Crippen molar-refractivity contribution in [3.63, 3.8) is 0 Å². The highest BCUT2D eigenvalue weighted by atomic mass is 35.5. The Morgan fingerprint density at radius 2 is 1.85 bits per heavy atom. The van der Waals surface area contributed by atoms with Crippen LogP contribution in [0.5, 0.6) is 11.5 Å². The molecule has 1 amide bonds. The first-order valence-electron chi connectivity index (χ1n) is 8.61. The first-order valence-corrected chi connectivity index (χ1v) is 9.36. The van der Waals surface area contributed by atoms with Crippen LogP contribution < -0.4 is 14.8 Å². The van der Waals surface area contributed by atoms with Crippen LogP contribution >= 0.6 is 23.2 Å². The van der Waals surface area contributed by atoms with Crippen LogP contribution in [0.15, 0.2) is 42.5 Å². The molecule has 7 heteroatoms. The van der Waals surface area contributed by atoms with E-state index in [9.17, 15) is 4.79 Å². The van der Waals surface area contributed by atoms with E-state index in [0.717, 1.165) is 17.9 Å². The second kappa shape index (κ2) is 10.4. The molecule has 0 radical (unpaired) electrons. The number of ether oxygens (including phenoxy) is 2. The summed E-state index contributed by atoms with van der Waals surface area (Å²) >= 11 is 11.9. The van der Waals surface area contributed by atoms with Crippen molar-refractivity contribution in [2.45, 2.75) is 19.6 Å². The van der Waals surface area contributed by atoms with Crippen LogP contribution in [0.4, 0.5) is 0 Å². The van der Waals surface area contributed by atoms with Gasteiger partial charge < -0.3 is 19.7 Å². The van der Waals surface area contributed by atoms with Crippen LogP contribution in [0.2, 0.25) is 10.0 Å². The van der Waals surface area contributed by atoms with Crippen LogP contribution in [0.25, 0.3) is 0 Å². The molecule has 0 saturated carbocycles. The minimum Gasteiger partial charge on any atom is -0.492 e. The molecule has 1 N–H and O–H groups in total. The Labute approximate surface area is 170 Å². The molecule has 0 bridgehead atoms. The molecule has 1 atom stereocenters. The number of hydrogen-bond donors (Lipinski definition) is 1. The molecule has 5 nitrogen and oxygen atoms in total. The zero-order valence-corrected chi connectivity index (χ0v) is 17.2. The number of rotatable bonds is 9. The van der Waals surface area contributed by atoms with Crippen molar-refractivity contribution in [2.75, 3.05) is 27.2 Å². The van der Waals surface area contributed by atoms with Gasteiger partial charge in [0.15, 0.2) is 6.10 Å². The maximum absolute atomic E-state index is 12.2. The fourth-order valence-corrected chi connectivity index (χ4v) is 2.65. The van der Waals surface area contributed by atoms with Gasteiger partial charge in [-0.05, 0) is 56.9 Å². The molecule has 0 aliphatic carbocycles. The third kappa shape index (κ3) is 7.29. The monoisotopic (exact) mass is 410 g/mol. The third-order valence-corrected chi connectivity index (χ3v) is 4.29. The summed E-state index contributed by atoms with van der Waals surface area (Å²) in [4.78, 5) is 14.3. The molecule has 1 unspecified atom stereocenters. The summed E-state index contributed by atoms with van der Waals surface area (Å²) in [5.41, 5.74) is 0.972. The Hall–Kier alpha value is -1.95. The highest BCUT2D eigenvalue weighted by molar-refractivity contribution is 6.35. The average Bonchev–Trinajstić information content (AvgIpc) is 2.62. The number of likely N-dealkylation sites (N-methyl/N-ethyl adjacent to an activating group) is 1. The topological polar surface area (TPSA) is 50.8 Å². The lowest BCUT2D eigenvalue weighted by atomic mass is 10.2. The summed E-state index contributed by atoms with van der Waals surface area (Å²) in [7, 11) is 4.00. The van der Waals surface area contributed by atoms with E-state index >= 15 is 0 Å². The zero-order chi connectivity index (χ0) is 19.8. The van der Waals surface area contributed by atoms with E-state index in [0.29, 0.717) is 28.9 Å². The minimum atomic E-state index is -0.683. The molecule has 2 aromatic rings. The average molecular weight is 411 g/mol. The Morgan fingerprint density at radius 3 is 2.48 bits per heavy atom. The Kier molecular flexibility index (Phi) is 8.23. The van der Waals surface area contributed by atoms with Gasteiger partial charge in [-0.2, -0.15) is 0 Å². The molecule has 0 heterocycles. The first-order chi connectivity index (χ1) is 12.8. The molecule has 0 aliphatic rings. The number of amides is 1. The quantitative estimate of drug-likeness (QED) is 0.677. The Balaban J connectivity index is 1.80. The van der Waals surface area contributed by atoms with E-state index in [2.05, 4.69) is 10.2 Å². The predicted molar refractivity (Wildman–Crippen MR) is 109 cm³/mol. The van der Waals surface area contributed by atoms with Gasteiger partial charge >= 0.3 is 0 Å². The van der Waals surface area contributed by atoms with Crippen molar-refractivity contribution >= 4 is 29.1 Å². The van der Waals surface area contributed by atoms with Crippen LogP contribution in [0.1, 0.15) is 12.5 Å². The van der Waals surface area contributed by atoms with E-state index < -0.39 is 6.10 Å². The number of nitrogens with one attached hydrogen (secondary N) is 1. The summed E-state index contributed by atoms with van der Waals surface area (Å²) in [6.45, 7) is 3.55. The molecule has 2 aromatic carbocycles. The van der Waals surface area contributed by atoms with E-state index in [1.54, 1.807) is 25.1 Å². The molecule has 0 fully saturated rings. The van der Waals surface area contributed by atoms with Gasteiger partial charge in [-0.3, -0.25) is 4.79 Å². The largest absolute Gasteiger partial charge is 0.492 e. The second-order valence-corrected chi connectivity index (χ2v) is 7.19. The second-order valence-electron chi connectivity index (χ2n) is 6.35. The standard InChI is InChI=1S/C20H24Cl2N2O3/c1-14(27-19-9-6-16(21)12-18(19)22)20(25)23-13-15-4-7-17(8-5-15)26-11-10-24(2)3/h4-9,12,14H,10-11,13H2,1-3H3,(H,23,25). The third-order valence-electron chi connectivity index (χ3n) is 3.76. The lowest BCUT2D eigenvalue weighted by molar-refractivity contribution is -0.127. The van der Waals surface area contributed by atoms with E-state index in [-0.39, 0.29) is 5.91 Å². The minimum absolute atomic E-state index is 0.229. The summed E-state index contributed by atoms with van der Waals surface area (Å²) < 4.78 is 11.3. The van der Waals surface area contributed by atoms with Gasteiger partial charge in [-0.25, -0.2) is 0 Å². The van der Waals surface area contributed by atoms with Gasteiger partial charge in [0.25, 0.3) is 5.91 Å². The number of carbonyl (C=O) groups excluding carboxylic acids is 1. The number of halogens is 2. The van der Waals surface area contributed by atoms with Gasteiger partial charge in [-0.15, -0.1) is 0 Å². The highest BCUT2D eigenvalue weighted by Gasteiger charge is 2.16. The van der Waals surface area contributed by atoms with Crippen molar-refractivity contribution < 1.29 is 14.3 Å². The molecule has 146 valence electrons. The van der Waals surface area contributed by atoms with Gasteiger partial charge in [0.2, 0.25) is 0 Å². The molecular weight excluding hydrogens is 387 g/mol. The predicted octanol–water partition coefficient (Wildman–Crippen LogP) is 4.02. The van der Waals surface area contributed by atoms with Gasteiger partial charge in [0.1, 0.15) is 18.1 Å². The lowest BCUT2D eigenvalue weighted by Gasteiger charge is -2.16. The summed E-state index contributed by atoms with van der Waals surface area (Å²) in [6.07, 6.45) is -0.683. The summed E-state index contributed by atoms with van der Waals surface area (Å²) in [5.74, 6) is 0.997. The Morgan fingerprint density at radius 1 is 1.15 bits per heavy atom. The van der Waals surface area contributed by atoms with Crippen molar-refractivity contribution in [3.05, 3.63) is 58.1 Å². The smallest absolute Gasteiger partial charge is 0.261 e. The van der Waals surface area contributed by atoms with E-state index in [1.165, 1.54) is 0 Å². The van der Waals surface area contributed by atoms with Crippen LogP contribution in [-0.4, -0.2) is 44.2 Å². The molecule has 0 aliphatic heterocycles. The molecule has 27 heavy (non-hydrogen) atoms. The number of hydrogen-bond acceptors (Lipinski definition) is 4. The van der Waals surface area contributed by atoms with Crippen LogP contribution in [0, 0.1) is 0 Å². The fraction of sp³-hybridized carbons (Fsp3) is 0.350. The maximum atomic E-state index is 12.2. The summed E-state index contributed by atoms with van der Waals surface area (Å²) in [6, 6.07) is 12.5. The molecule has 0 spiro atoms. The van der Waals surface area contributed by atoms with Crippen molar-refractivity contribution in [1.82, 2.24) is 10.2 Å².